The van der Waals surface area contributed by atoms with Gasteiger partial charge in [0, 0.05) is 19.4 Å². The summed E-state index contributed by atoms with van der Waals surface area (Å²) in [6, 6.07) is 0. The zero-order chi connectivity index (χ0) is 55.9. The van der Waals surface area contributed by atoms with Crippen molar-refractivity contribution >= 4 is 19.8 Å². The summed E-state index contributed by atoms with van der Waals surface area (Å²) in [5.74, 6) is -0.880. The Labute approximate surface area is 470 Å². The topological polar surface area (TPSA) is 134 Å². The first-order valence-electron chi connectivity index (χ1n) is 30.0. The fourth-order valence-electron chi connectivity index (χ4n) is 7.56. The number of unbranched alkanes of at least 4 members (excludes halogenated alkanes) is 15. The number of phosphoric ester groups is 1. The third kappa shape index (κ3) is 60.7. The summed E-state index contributed by atoms with van der Waals surface area (Å²) in [6.07, 6.45) is 88.7. The first-order chi connectivity index (χ1) is 37.8. The van der Waals surface area contributed by atoms with Crippen LogP contribution in [0.1, 0.15) is 219 Å². The minimum absolute atomic E-state index is 0.0386. The Morgan fingerprint density at radius 1 is 0.390 bits per heavy atom. The van der Waals surface area contributed by atoms with Crippen LogP contribution in [-0.2, 0) is 32.7 Å². The van der Waals surface area contributed by atoms with Gasteiger partial charge in [0.05, 0.1) is 13.2 Å². The number of hydrogen-bond donors (Lipinski definition) is 2. The van der Waals surface area contributed by atoms with E-state index in [2.05, 4.69) is 172 Å². The minimum Gasteiger partial charge on any atom is -0.462 e. The Morgan fingerprint density at radius 2 is 0.675 bits per heavy atom. The molecule has 0 bridgehead atoms. The van der Waals surface area contributed by atoms with E-state index in [4.69, 9.17) is 24.3 Å². The Kier molecular flexibility index (Phi) is 57.4. The molecule has 10 heteroatoms. The van der Waals surface area contributed by atoms with E-state index >= 15 is 0 Å². The molecule has 0 spiro atoms. The second-order valence-corrected chi connectivity index (χ2v) is 20.6. The van der Waals surface area contributed by atoms with E-state index in [-0.39, 0.29) is 32.6 Å². The second-order valence-electron chi connectivity index (χ2n) is 19.1. The predicted octanol–water partition coefficient (Wildman–Crippen LogP) is 19.3. The quantitative estimate of drug-likeness (QED) is 0.0264. The van der Waals surface area contributed by atoms with Crippen LogP contribution in [0.3, 0.4) is 0 Å². The van der Waals surface area contributed by atoms with Crippen molar-refractivity contribution in [1.82, 2.24) is 0 Å². The van der Waals surface area contributed by atoms with E-state index in [0.29, 0.717) is 6.42 Å². The number of esters is 2. The third-order valence-electron chi connectivity index (χ3n) is 11.9. The summed E-state index contributed by atoms with van der Waals surface area (Å²) in [6.45, 7) is 3.46. The Bertz CT molecular complexity index is 1810. The van der Waals surface area contributed by atoms with Gasteiger partial charge in [-0.05, 0) is 122 Å². The van der Waals surface area contributed by atoms with E-state index in [1.807, 2.05) is 0 Å². The van der Waals surface area contributed by atoms with E-state index < -0.39 is 32.5 Å². The minimum atomic E-state index is -4.41. The zero-order valence-corrected chi connectivity index (χ0v) is 49.3. The van der Waals surface area contributed by atoms with Crippen molar-refractivity contribution < 1.29 is 37.6 Å². The fourth-order valence-corrected chi connectivity index (χ4v) is 8.32. The summed E-state index contributed by atoms with van der Waals surface area (Å²) in [4.78, 5) is 35.2. The number of hydrogen-bond acceptors (Lipinski definition) is 8. The van der Waals surface area contributed by atoms with Crippen molar-refractivity contribution in [3.8, 4) is 0 Å². The highest BCUT2D eigenvalue weighted by Gasteiger charge is 2.26. The smallest absolute Gasteiger partial charge is 0.462 e. The molecule has 0 amide bonds. The molecule has 0 aliphatic rings. The molecule has 0 saturated heterocycles. The molecule has 0 aromatic carbocycles. The van der Waals surface area contributed by atoms with E-state index in [1.165, 1.54) is 57.8 Å². The molecule has 0 saturated carbocycles. The van der Waals surface area contributed by atoms with Crippen LogP contribution in [0.25, 0.3) is 0 Å². The van der Waals surface area contributed by atoms with E-state index in [9.17, 15) is 19.0 Å². The van der Waals surface area contributed by atoms with Gasteiger partial charge in [0.25, 0.3) is 0 Å². The van der Waals surface area contributed by atoms with Crippen molar-refractivity contribution in [2.45, 2.75) is 225 Å². The molecule has 434 valence electrons. The lowest BCUT2D eigenvalue weighted by Crippen LogP contribution is -2.29. The number of ether oxygens (including phenoxy) is 2. The summed E-state index contributed by atoms with van der Waals surface area (Å²) in [5.41, 5.74) is 5.38. The van der Waals surface area contributed by atoms with Gasteiger partial charge in [-0.3, -0.25) is 18.6 Å². The lowest BCUT2D eigenvalue weighted by Gasteiger charge is -2.19. The van der Waals surface area contributed by atoms with Gasteiger partial charge in [0.1, 0.15) is 6.61 Å². The van der Waals surface area contributed by atoms with Crippen molar-refractivity contribution in [1.29, 1.82) is 0 Å². The van der Waals surface area contributed by atoms with Crippen LogP contribution in [-0.4, -0.2) is 49.3 Å². The molecule has 0 aliphatic carbocycles. The molecule has 0 fully saturated rings. The molecule has 2 unspecified atom stereocenters. The standard InChI is InChI=1S/C67H108NO8P/c1-3-5-7-9-11-13-15-17-19-21-23-25-27-29-30-31-32-33-34-36-38-40-42-44-46-48-50-52-54-56-58-60-67(70)76-65(64-75-77(71,72)74-62-61-68)63-73-66(69)59-57-55-53-51-49-47-45-43-41-39-37-35-28-26-24-22-20-18-16-14-12-10-8-6-4-2/h5-8,11-14,17-20,23-26,29-30,32-33,36,38,42,44,48,50,65H,3-4,9-10,15-16,21-22,27-28,31,34-35,37,39-41,43,45-47,49,51-64,68H2,1-2H3,(H,71,72)/b7-5-,8-6-,13-11-,14-12-,19-17-,20-18-,25-23-,26-24-,30-29-,33-32-,38-36-,44-42-,50-48-. The van der Waals surface area contributed by atoms with Crippen LogP contribution in [0.4, 0.5) is 0 Å². The van der Waals surface area contributed by atoms with Gasteiger partial charge in [-0.1, -0.05) is 242 Å². The molecule has 0 aromatic rings. The molecule has 0 heterocycles. The molecule has 3 N–H and O–H groups in total. The van der Waals surface area contributed by atoms with E-state index in [1.54, 1.807) is 0 Å². The number of allylic oxidation sites excluding steroid dienone is 26. The summed E-state index contributed by atoms with van der Waals surface area (Å²) in [5, 5.41) is 0. The number of carbonyl (C=O) groups is 2. The summed E-state index contributed by atoms with van der Waals surface area (Å²) in [7, 11) is -4.41. The molecular weight excluding hydrogens is 978 g/mol. The highest BCUT2D eigenvalue weighted by atomic mass is 31.2. The van der Waals surface area contributed by atoms with Gasteiger partial charge in [-0.25, -0.2) is 4.57 Å². The maximum atomic E-state index is 12.7. The molecular formula is C67H108NO8P. The van der Waals surface area contributed by atoms with Crippen LogP contribution >= 0.6 is 7.82 Å². The fraction of sp³-hybridized carbons (Fsp3) is 0.582. The molecule has 77 heavy (non-hydrogen) atoms. The highest BCUT2D eigenvalue weighted by molar-refractivity contribution is 7.47. The first-order valence-corrected chi connectivity index (χ1v) is 31.5. The number of rotatable bonds is 54. The first kappa shape index (κ1) is 72.6. The van der Waals surface area contributed by atoms with Crippen LogP contribution in [0.5, 0.6) is 0 Å². The molecule has 0 aromatic heterocycles. The van der Waals surface area contributed by atoms with Crippen molar-refractivity contribution in [3.05, 3.63) is 158 Å². The van der Waals surface area contributed by atoms with Gasteiger partial charge >= 0.3 is 19.8 Å². The average molecular weight is 1090 g/mol. The van der Waals surface area contributed by atoms with Gasteiger partial charge in [0.15, 0.2) is 6.10 Å². The maximum Gasteiger partial charge on any atom is 0.472 e. The molecule has 0 aliphatic heterocycles. The number of nitrogens with two attached hydrogens (primary N) is 1. The number of carbonyl (C=O) groups excluding carboxylic acids is 2. The Hall–Kier alpha value is -4.37. The largest absolute Gasteiger partial charge is 0.472 e. The van der Waals surface area contributed by atoms with Crippen LogP contribution in [0.2, 0.25) is 0 Å². The van der Waals surface area contributed by atoms with Crippen molar-refractivity contribution in [3.63, 3.8) is 0 Å². The van der Waals surface area contributed by atoms with Gasteiger partial charge in [-0.2, -0.15) is 0 Å². The SMILES string of the molecule is CC/C=C\C/C=C\C/C=C\C/C=C\C/C=C\C/C=C\C/C=C\C/C=C\C/C=C\CCCCCC(=O)OC(COC(=O)CCCCCCCCCCCCCC/C=C\C/C=C\C/C=C\C/C=C\CC)COP(=O)(O)OCCN. The summed E-state index contributed by atoms with van der Waals surface area (Å²) < 4.78 is 33.0. The Balaban J connectivity index is 4.10. The van der Waals surface area contributed by atoms with Gasteiger partial charge in [-0.15, -0.1) is 0 Å². The maximum absolute atomic E-state index is 12.7. The lowest BCUT2D eigenvalue weighted by atomic mass is 10.0. The van der Waals surface area contributed by atoms with E-state index in [0.717, 1.165) is 128 Å². The number of phosphoric acid groups is 1. The molecule has 9 nitrogen and oxygen atoms in total. The normalized spacial score (nSPS) is 14.2. The average Bonchev–Trinajstić information content (AvgIpc) is 3.42. The van der Waals surface area contributed by atoms with Crippen molar-refractivity contribution in [2.75, 3.05) is 26.4 Å². The molecule has 0 radical (unpaired) electrons. The Morgan fingerprint density at radius 3 is 1.01 bits per heavy atom. The van der Waals surface area contributed by atoms with Crippen LogP contribution < -0.4 is 5.73 Å². The molecule has 2 atom stereocenters. The monoisotopic (exact) mass is 1090 g/mol. The van der Waals surface area contributed by atoms with Gasteiger partial charge in [0.2, 0.25) is 0 Å². The second kappa shape index (κ2) is 60.9. The molecule has 0 rings (SSSR count). The lowest BCUT2D eigenvalue weighted by molar-refractivity contribution is -0.161. The van der Waals surface area contributed by atoms with Crippen LogP contribution in [0.15, 0.2) is 158 Å². The van der Waals surface area contributed by atoms with Gasteiger partial charge < -0.3 is 20.1 Å². The van der Waals surface area contributed by atoms with Crippen molar-refractivity contribution in [2.24, 2.45) is 5.73 Å². The third-order valence-corrected chi connectivity index (χ3v) is 12.9. The zero-order valence-electron chi connectivity index (χ0n) is 48.4. The highest BCUT2D eigenvalue weighted by Crippen LogP contribution is 2.43. The van der Waals surface area contributed by atoms with Crippen LogP contribution in [0, 0.1) is 0 Å². The predicted molar refractivity (Wildman–Crippen MR) is 330 cm³/mol. The summed E-state index contributed by atoms with van der Waals surface area (Å²) >= 11 is 0.